The smallest absolute Gasteiger partial charge is 0.326 e. The number of aromatic amines is 1. The summed E-state index contributed by atoms with van der Waals surface area (Å²) >= 11 is 0. The Labute approximate surface area is 176 Å². The maximum absolute atomic E-state index is 12.3. The molecule has 1 aliphatic rings. The summed E-state index contributed by atoms with van der Waals surface area (Å²) in [5.41, 5.74) is 1.70. The maximum Gasteiger partial charge on any atom is 0.326 e. The van der Waals surface area contributed by atoms with Crippen molar-refractivity contribution < 1.29 is 19.8 Å². The summed E-state index contributed by atoms with van der Waals surface area (Å²) in [5.74, 6) is -0.711. The van der Waals surface area contributed by atoms with E-state index in [0.717, 1.165) is 25.1 Å². The average Bonchev–Trinajstić information content (AvgIpc) is 3.21. The lowest BCUT2D eigenvalue weighted by Gasteiger charge is -2.45. The zero-order chi connectivity index (χ0) is 21.7. The second-order valence-electron chi connectivity index (χ2n) is 8.39. The minimum Gasteiger partial charge on any atom is -0.508 e. The lowest BCUT2D eigenvalue weighted by molar-refractivity contribution is -0.141. The molecule has 0 unspecified atom stereocenters. The molecule has 2 aromatic rings. The number of carboxylic acids is 1. The van der Waals surface area contributed by atoms with Gasteiger partial charge in [-0.1, -0.05) is 26.0 Å². The number of hydrogen-bond donors (Lipinski definition) is 4. The minimum atomic E-state index is -1.07. The first-order chi connectivity index (χ1) is 14.3. The number of carboxylic acid groups (broad SMARTS) is 1. The molecule has 0 spiro atoms. The highest BCUT2D eigenvalue weighted by molar-refractivity contribution is 5.83. The van der Waals surface area contributed by atoms with Crippen molar-refractivity contribution >= 4 is 11.9 Å². The average molecular weight is 415 g/mol. The molecule has 0 bridgehead atoms. The van der Waals surface area contributed by atoms with Crippen LogP contribution in [0.25, 0.3) is 0 Å². The van der Waals surface area contributed by atoms with Gasteiger partial charge in [0.05, 0.1) is 12.0 Å². The van der Waals surface area contributed by atoms with Crippen LogP contribution in [-0.2, 0) is 21.4 Å². The Hall–Kier alpha value is -2.87. The van der Waals surface area contributed by atoms with Crippen LogP contribution < -0.4 is 5.32 Å². The minimum absolute atomic E-state index is 0.0323. The van der Waals surface area contributed by atoms with Crippen LogP contribution in [0.4, 0.5) is 0 Å². The summed E-state index contributed by atoms with van der Waals surface area (Å²) in [4.78, 5) is 32.9. The number of likely N-dealkylation sites (tertiary alicyclic amines) is 1. The van der Waals surface area contributed by atoms with Crippen LogP contribution in [0.15, 0.2) is 36.8 Å². The van der Waals surface area contributed by atoms with E-state index in [4.69, 9.17) is 0 Å². The molecule has 8 nitrogen and oxygen atoms in total. The van der Waals surface area contributed by atoms with E-state index >= 15 is 0 Å². The predicted octanol–water partition coefficient (Wildman–Crippen LogP) is 1.92. The van der Waals surface area contributed by atoms with Gasteiger partial charge >= 0.3 is 5.97 Å². The number of nitrogens with zero attached hydrogens (tertiary/aromatic N) is 2. The Kier molecular flexibility index (Phi) is 6.77. The number of aliphatic carboxylic acids is 1. The van der Waals surface area contributed by atoms with E-state index in [1.807, 2.05) is 12.1 Å². The molecule has 1 saturated heterocycles. The number of piperidine rings is 1. The number of phenolic OH excluding ortho intramolecular Hbond substituents is 1. The summed E-state index contributed by atoms with van der Waals surface area (Å²) in [6, 6.07) is 6.47. The van der Waals surface area contributed by atoms with E-state index in [2.05, 4.69) is 40.1 Å². The molecule has 1 aliphatic heterocycles. The summed E-state index contributed by atoms with van der Waals surface area (Å²) in [6.07, 6.45) is 4.43. The third-order valence-electron chi connectivity index (χ3n) is 6.33. The number of carbonyl (C=O) groups excluding carboxylic acids is 1. The number of amides is 1. The van der Waals surface area contributed by atoms with Gasteiger partial charge in [0, 0.05) is 32.1 Å². The standard InChI is InChI=1S/C22H30N4O4/c1-15-13-26(9-7-22(15,2)16-4-3-5-18(27)10-16)8-6-20(28)25-19(21(29)30)11-17-12-23-14-24-17/h3-5,10,12,14-15,19,27H,6-9,11,13H2,1-2H3,(H,23,24)(H,25,28)(H,29,30)/t15-,19-,22+/m0/s1. The first-order valence-electron chi connectivity index (χ1n) is 10.3. The van der Waals surface area contributed by atoms with Gasteiger partial charge in [-0.3, -0.25) is 4.79 Å². The number of rotatable bonds is 8. The van der Waals surface area contributed by atoms with Crippen LogP contribution in [0.5, 0.6) is 5.75 Å². The van der Waals surface area contributed by atoms with Gasteiger partial charge in [-0.2, -0.15) is 0 Å². The Morgan fingerprint density at radius 2 is 2.23 bits per heavy atom. The number of benzene rings is 1. The molecule has 162 valence electrons. The van der Waals surface area contributed by atoms with Gasteiger partial charge in [0.15, 0.2) is 0 Å². The van der Waals surface area contributed by atoms with Crippen molar-refractivity contribution in [3.05, 3.63) is 48.0 Å². The third-order valence-corrected chi connectivity index (χ3v) is 6.33. The Bertz CT molecular complexity index is 870. The molecule has 30 heavy (non-hydrogen) atoms. The van der Waals surface area contributed by atoms with Crippen molar-refractivity contribution in [3.8, 4) is 5.75 Å². The molecule has 1 aromatic carbocycles. The Balaban J connectivity index is 1.50. The fraction of sp³-hybridized carbons (Fsp3) is 0.500. The highest BCUT2D eigenvalue weighted by Gasteiger charge is 2.38. The Morgan fingerprint density at radius 1 is 1.43 bits per heavy atom. The van der Waals surface area contributed by atoms with Crippen molar-refractivity contribution in [2.45, 2.75) is 44.6 Å². The SMILES string of the molecule is C[C@H]1CN(CCC(=O)N[C@@H](Cc2c[nH]cn2)C(=O)O)CC[C@@]1(C)c1cccc(O)c1. The van der Waals surface area contributed by atoms with Crippen LogP contribution in [-0.4, -0.2) is 62.6 Å². The quantitative estimate of drug-likeness (QED) is 0.524. The van der Waals surface area contributed by atoms with Crippen molar-refractivity contribution in [2.75, 3.05) is 19.6 Å². The van der Waals surface area contributed by atoms with Crippen LogP contribution in [0.2, 0.25) is 0 Å². The molecular formula is C22H30N4O4. The van der Waals surface area contributed by atoms with Crippen molar-refractivity contribution in [1.29, 1.82) is 0 Å². The van der Waals surface area contributed by atoms with Crippen LogP contribution in [0.1, 0.15) is 37.9 Å². The number of imidazole rings is 1. The third kappa shape index (κ3) is 5.18. The van der Waals surface area contributed by atoms with Gasteiger partial charge in [-0.15, -0.1) is 0 Å². The maximum atomic E-state index is 12.3. The molecule has 0 aliphatic carbocycles. The van der Waals surface area contributed by atoms with Crippen molar-refractivity contribution in [3.63, 3.8) is 0 Å². The highest BCUT2D eigenvalue weighted by Crippen LogP contribution is 2.40. The number of carbonyl (C=O) groups is 2. The number of aromatic nitrogens is 2. The summed E-state index contributed by atoms with van der Waals surface area (Å²) in [7, 11) is 0. The second kappa shape index (κ2) is 9.30. The van der Waals surface area contributed by atoms with Crippen LogP contribution in [0.3, 0.4) is 0 Å². The zero-order valence-electron chi connectivity index (χ0n) is 17.5. The van der Waals surface area contributed by atoms with Gasteiger partial charge in [-0.25, -0.2) is 9.78 Å². The molecule has 0 radical (unpaired) electrons. The topological polar surface area (TPSA) is 119 Å². The lowest BCUT2D eigenvalue weighted by atomic mass is 9.68. The van der Waals surface area contributed by atoms with E-state index in [1.165, 1.54) is 6.33 Å². The highest BCUT2D eigenvalue weighted by atomic mass is 16.4. The molecule has 2 heterocycles. The first kappa shape index (κ1) is 21.8. The fourth-order valence-electron chi connectivity index (χ4n) is 4.15. The van der Waals surface area contributed by atoms with E-state index in [9.17, 15) is 19.8 Å². The molecule has 3 atom stereocenters. The molecular weight excluding hydrogens is 384 g/mol. The zero-order valence-corrected chi connectivity index (χ0v) is 17.5. The fourth-order valence-corrected chi connectivity index (χ4v) is 4.15. The van der Waals surface area contributed by atoms with E-state index < -0.39 is 12.0 Å². The molecule has 4 N–H and O–H groups in total. The van der Waals surface area contributed by atoms with Gasteiger partial charge in [0.1, 0.15) is 11.8 Å². The van der Waals surface area contributed by atoms with E-state index in [-0.39, 0.29) is 29.9 Å². The van der Waals surface area contributed by atoms with E-state index in [1.54, 1.807) is 12.3 Å². The molecule has 1 aromatic heterocycles. The number of hydrogen-bond acceptors (Lipinski definition) is 5. The molecule has 0 saturated carbocycles. The summed E-state index contributed by atoms with van der Waals surface area (Å²) in [6.45, 7) is 6.69. The summed E-state index contributed by atoms with van der Waals surface area (Å²) in [5, 5.41) is 21.8. The monoisotopic (exact) mass is 414 g/mol. The summed E-state index contributed by atoms with van der Waals surface area (Å²) < 4.78 is 0. The molecule has 3 rings (SSSR count). The number of nitrogens with one attached hydrogen (secondary N) is 2. The van der Waals surface area contributed by atoms with Crippen molar-refractivity contribution in [1.82, 2.24) is 20.2 Å². The Morgan fingerprint density at radius 3 is 2.87 bits per heavy atom. The van der Waals surface area contributed by atoms with Crippen molar-refractivity contribution in [2.24, 2.45) is 5.92 Å². The molecule has 1 fully saturated rings. The normalized spacial score (nSPS) is 23.1. The lowest BCUT2D eigenvalue weighted by Crippen LogP contribution is -2.48. The second-order valence-corrected chi connectivity index (χ2v) is 8.39. The van der Waals surface area contributed by atoms with Gasteiger partial charge in [0.25, 0.3) is 0 Å². The predicted molar refractivity (Wildman–Crippen MR) is 112 cm³/mol. The van der Waals surface area contributed by atoms with Crippen LogP contribution >= 0.6 is 0 Å². The largest absolute Gasteiger partial charge is 0.508 e. The molecule has 8 heteroatoms. The van der Waals surface area contributed by atoms with Gasteiger partial charge in [0.2, 0.25) is 5.91 Å². The van der Waals surface area contributed by atoms with Crippen LogP contribution in [0, 0.1) is 5.92 Å². The first-order valence-corrected chi connectivity index (χ1v) is 10.3. The number of aromatic hydroxyl groups is 1. The number of H-pyrrole nitrogens is 1. The van der Waals surface area contributed by atoms with Gasteiger partial charge < -0.3 is 25.4 Å². The van der Waals surface area contributed by atoms with Gasteiger partial charge in [-0.05, 0) is 42.0 Å². The van der Waals surface area contributed by atoms with E-state index in [0.29, 0.717) is 18.2 Å². The molecule has 1 amide bonds. The number of phenols is 1.